The molecule has 0 N–H and O–H groups in total. The van der Waals surface area contributed by atoms with Crippen molar-refractivity contribution in [3.63, 3.8) is 0 Å². The molecule has 2 fully saturated rings. The number of hydrogen-bond acceptors (Lipinski definition) is 8. The maximum Gasteiger partial charge on any atom is 0.328 e. The number of carbonyl (C=O) groups is 4. The van der Waals surface area contributed by atoms with E-state index in [2.05, 4.69) is 15.9 Å². The summed E-state index contributed by atoms with van der Waals surface area (Å²) in [7, 11) is 3.53. The quantitative estimate of drug-likeness (QED) is 0.211. The number of carbonyl (C=O) groups excluding carboxylic acids is 4. The van der Waals surface area contributed by atoms with E-state index in [0.29, 0.717) is 12.8 Å². The van der Waals surface area contributed by atoms with Crippen molar-refractivity contribution in [1.29, 1.82) is 0 Å². The summed E-state index contributed by atoms with van der Waals surface area (Å²) >= 11 is 3.37. The van der Waals surface area contributed by atoms with Crippen molar-refractivity contribution in [2.75, 3.05) is 21.3 Å². The molecule has 0 aromatic heterocycles. The molecule has 2 bridgehead atoms. The summed E-state index contributed by atoms with van der Waals surface area (Å²) in [5.74, 6) is -3.85. The Morgan fingerprint density at radius 1 is 1.07 bits per heavy atom. The minimum absolute atomic E-state index is 0.0625. The highest BCUT2D eigenvalue weighted by Crippen LogP contribution is 2.68. The summed E-state index contributed by atoms with van der Waals surface area (Å²) in [5, 5.41) is 0. The Morgan fingerprint density at radius 3 is 2.11 bits per heavy atom. The van der Waals surface area contributed by atoms with Crippen molar-refractivity contribution in [2.45, 2.75) is 36.1 Å². The lowest BCUT2D eigenvalue weighted by Gasteiger charge is -2.64. The first-order chi connectivity index (χ1) is 12.6. The molecule has 9 heteroatoms. The van der Waals surface area contributed by atoms with E-state index in [-0.39, 0.29) is 6.42 Å². The van der Waals surface area contributed by atoms with Crippen molar-refractivity contribution in [3.8, 4) is 0 Å². The van der Waals surface area contributed by atoms with Crippen molar-refractivity contribution >= 4 is 39.8 Å². The zero-order valence-corrected chi connectivity index (χ0v) is 17.1. The molecule has 0 aromatic carbocycles. The van der Waals surface area contributed by atoms with E-state index in [0.717, 1.165) is 14.2 Å². The van der Waals surface area contributed by atoms with Crippen molar-refractivity contribution < 1.29 is 38.1 Å². The fourth-order valence-electron chi connectivity index (χ4n) is 5.08. The van der Waals surface area contributed by atoms with Gasteiger partial charge < -0.3 is 18.9 Å². The fraction of sp³-hybridized carbons (Fsp3) is 0.667. The minimum Gasteiger partial charge on any atom is -0.469 e. The summed E-state index contributed by atoms with van der Waals surface area (Å²) < 4.78 is 19.2. The topological polar surface area (TPSA) is 105 Å². The van der Waals surface area contributed by atoms with E-state index in [1.165, 1.54) is 19.3 Å². The van der Waals surface area contributed by atoms with Crippen LogP contribution in [0.1, 0.15) is 26.2 Å². The number of fused-ring (bicyclic) bond motifs is 1. The van der Waals surface area contributed by atoms with Gasteiger partial charge in [-0.1, -0.05) is 28.4 Å². The molecule has 2 aliphatic carbocycles. The zero-order chi connectivity index (χ0) is 20.3. The number of methoxy groups -OCH3 is 3. The maximum atomic E-state index is 12.9. The van der Waals surface area contributed by atoms with E-state index in [1.54, 1.807) is 6.92 Å². The Hall–Kier alpha value is -1.90. The van der Waals surface area contributed by atoms with E-state index >= 15 is 0 Å². The van der Waals surface area contributed by atoms with E-state index < -0.39 is 50.6 Å². The van der Waals surface area contributed by atoms with Gasteiger partial charge in [0.1, 0.15) is 5.41 Å². The molecule has 8 nitrogen and oxygen atoms in total. The smallest absolute Gasteiger partial charge is 0.328 e. The van der Waals surface area contributed by atoms with Gasteiger partial charge in [-0.2, -0.15) is 0 Å². The number of esters is 4. The monoisotopic (exact) mass is 444 g/mol. The van der Waals surface area contributed by atoms with Gasteiger partial charge in [-0.25, -0.2) is 0 Å². The molecule has 0 amide bonds. The minimum atomic E-state index is -1.91. The summed E-state index contributed by atoms with van der Waals surface area (Å²) in [6.45, 7) is 1.58. The van der Waals surface area contributed by atoms with Crippen LogP contribution in [-0.2, 0) is 38.1 Å². The molecule has 4 atom stereocenters. The van der Waals surface area contributed by atoms with Crippen LogP contribution >= 0.6 is 15.9 Å². The first kappa shape index (κ1) is 19.9. The molecule has 27 heavy (non-hydrogen) atoms. The molecule has 0 aromatic rings. The average Bonchev–Trinajstić information content (AvgIpc) is 2.67. The molecule has 2 heterocycles. The Labute approximate surface area is 164 Å². The Bertz CT molecular complexity index is 744. The van der Waals surface area contributed by atoms with Crippen molar-refractivity contribution in [3.05, 3.63) is 12.2 Å². The fourth-order valence-corrected chi connectivity index (χ4v) is 5.73. The van der Waals surface area contributed by atoms with Gasteiger partial charge in [-0.05, 0) is 25.8 Å². The number of hydrogen-bond donors (Lipinski definition) is 0. The van der Waals surface area contributed by atoms with Crippen LogP contribution in [0.15, 0.2) is 12.2 Å². The molecule has 148 valence electrons. The van der Waals surface area contributed by atoms with Crippen LogP contribution in [0.2, 0.25) is 0 Å². The molecule has 1 saturated carbocycles. The second kappa shape index (κ2) is 6.05. The van der Waals surface area contributed by atoms with Gasteiger partial charge in [-0.15, -0.1) is 0 Å². The predicted octanol–water partition coefficient (Wildman–Crippen LogP) is 1.30. The van der Waals surface area contributed by atoms with Gasteiger partial charge >= 0.3 is 23.9 Å². The standard InChI is InChI=1S/C18H21BrO8/c1-15(11(20)24-2)10-6-5-7-16(12(21)25-3,13(22)26-4)18(10)9-8-17(15,19)14(23)27-18/h8-10H,5-7H2,1-4H3/t10-,15+,17-,18+/m0/s1. The highest BCUT2D eigenvalue weighted by molar-refractivity contribution is 9.10. The van der Waals surface area contributed by atoms with Gasteiger partial charge in [0.2, 0.25) is 5.41 Å². The van der Waals surface area contributed by atoms with Gasteiger partial charge in [0.05, 0.1) is 21.3 Å². The van der Waals surface area contributed by atoms with E-state index in [1.807, 2.05) is 0 Å². The highest BCUT2D eigenvalue weighted by atomic mass is 79.9. The maximum absolute atomic E-state index is 12.9. The van der Waals surface area contributed by atoms with Crippen LogP contribution in [0.5, 0.6) is 0 Å². The third-order valence-corrected chi connectivity index (χ3v) is 7.89. The summed E-state index contributed by atoms with van der Waals surface area (Å²) in [6.07, 6.45) is 3.92. The largest absolute Gasteiger partial charge is 0.469 e. The first-order valence-corrected chi connectivity index (χ1v) is 9.29. The number of halogens is 1. The summed E-state index contributed by atoms with van der Waals surface area (Å²) in [4.78, 5) is 51.6. The molecule has 1 spiro atoms. The molecule has 4 aliphatic rings. The van der Waals surface area contributed by atoms with Crippen molar-refractivity contribution in [1.82, 2.24) is 0 Å². The first-order valence-electron chi connectivity index (χ1n) is 8.50. The molecule has 1 saturated heterocycles. The third-order valence-electron chi connectivity index (χ3n) is 6.48. The lowest BCUT2D eigenvalue weighted by Crippen LogP contribution is -2.78. The number of alkyl halides is 1. The second-order valence-corrected chi connectivity index (χ2v) is 8.51. The van der Waals surface area contributed by atoms with Crippen LogP contribution in [-0.4, -0.2) is 55.1 Å². The molecule has 4 rings (SSSR count). The van der Waals surface area contributed by atoms with E-state index in [9.17, 15) is 19.2 Å². The Morgan fingerprint density at radius 2 is 1.63 bits per heavy atom. The lowest BCUT2D eigenvalue weighted by molar-refractivity contribution is -0.242. The van der Waals surface area contributed by atoms with Gasteiger partial charge in [0.25, 0.3) is 0 Å². The molecular formula is C18H21BrO8. The van der Waals surface area contributed by atoms with Crippen LogP contribution in [0.4, 0.5) is 0 Å². The third kappa shape index (κ3) is 1.98. The Kier molecular flexibility index (Phi) is 4.45. The molecular weight excluding hydrogens is 424 g/mol. The number of rotatable bonds is 3. The SMILES string of the molecule is COC(=O)C1(C(=O)OC)CCC[C@H]2[C@](C)(C(=O)OC)[C@]3(Br)C=C[C@@]21OC3=O. The van der Waals surface area contributed by atoms with Crippen LogP contribution in [0, 0.1) is 16.7 Å². The van der Waals surface area contributed by atoms with Gasteiger partial charge in [0.15, 0.2) is 9.93 Å². The van der Waals surface area contributed by atoms with Crippen molar-refractivity contribution in [2.24, 2.45) is 16.7 Å². The second-order valence-electron chi connectivity index (χ2n) is 7.25. The number of ether oxygens (including phenoxy) is 4. The molecule has 0 unspecified atom stereocenters. The summed E-state index contributed by atoms with van der Waals surface area (Å²) in [6, 6.07) is 0. The Balaban J connectivity index is 2.36. The highest BCUT2D eigenvalue weighted by Gasteiger charge is 2.81. The average molecular weight is 445 g/mol. The van der Waals surface area contributed by atoms with Crippen LogP contribution in [0.25, 0.3) is 0 Å². The van der Waals surface area contributed by atoms with Gasteiger partial charge in [0, 0.05) is 5.92 Å². The van der Waals surface area contributed by atoms with E-state index in [4.69, 9.17) is 18.9 Å². The molecule has 0 radical (unpaired) electrons. The summed E-state index contributed by atoms with van der Waals surface area (Å²) in [5.41, 5.74) is -5.02. The van der Waals surface area contributed by atoms with Gasteiger partial charge in [-0.3, -0.25) is 19.2 Å². The lowest BCUT2D eigenvalue weighted by atomic mass is 9.45. The zero-order valence-electron chi connectivity index (χ0n) is 15.5. The van der Waals surface area contributed by atoms with Crippen LogP contribution < -0.4 is 0 Å². The van der Waals surface area contributed by atoms with Crippen LogP contribution in [0.3, 0.4) is 0 Å². The molecule has 2 aliphatic heterocycles. The normalized spacial score (nSPS) is 38.4. The predicted molar refractivity (Wildman–Crippen MR) is 93.6 cm³/mol.